The standard InChI is InChI=1S/C4H6Cl2O2/c1-4(6,2-5)8-3-7/h3H,2H2,1H3. The van der Waals surface area contributed by atoms with Crippen molar-refractivity contribution < 1.29 is 9.53 Å². The van der Waals surface area contributed by atoms with Gasteiger partial charge in [-0.15, -0.1) is 11.6 Å². The van der Waals surface area contributed by atoms with Crippen LogP contribution in [0.25, 0.3) is 0 Å². The lowest BCUT2D eigenvalue weighted by atomic mass is 10.5. The molecular weight excluding hydrogens is 151 g/mol. The molecule has 0 aliphatic carbocycles. The van der Waals surface area contributed by atoms with E-state index in [9.17, 15) is 4.79 Å². The monoisotopic (exact) mass is 156 g/mol. The van der Waals surface area contributed by atoms with Crippen molar-refractivity contribution in [3.8, 4) is 0 Å². The van der Waals surface area contributed by atoms with Crippen LogP contribution in [-0.4, -0.2) is 17.4 Å². The lowest BCUT2D eigenvalue weighted by Crippen LogP contribution is -2.21. The van der Waals surface area contributed by atoms with Gasteiger partial charge in [-0.05, 0) is 6.92 Å². The molecular formula is C4H6Cl2O2. The Hall–Kier alpha value is 0.0500. The van der Waals surface area contributed by atoms with Crippen LogP contribution in [0.2, 0.25) is 0 Å². The Morgan fingerprint density at radius 3 is 2.50 bits per heavy atom. The van der Waals surface area contributed by atoms with E-state index in [4.69, 9.17) is 23.2 Å². The van der Waals surface area contributed by atoms with E-state index in [1.165, 1.54) is 6.92 Å². The SMILES string of the molecule is CC(Cl)(CCl)OC=O. The van der Waals surface area contributed by atoms with Gasteiger partial charge in [0.15, 0.2) is 5.06 Å². The summed E-state index contributed by atoms with van der Waals surface area (Å²) in [7, 11) is 0. The second-order valence-electron chi connectivity index (χ2n) is 1.45. The second kappa shape index (κ2) is 3.15. The highest BCUT2D eigenvalue weighted by Crippen LogP contribution is 2.15. The van der Waals surface area contributed by atoms with Crippen LogP contribution in [0.15, 0.2) is 0 Å². The van der Waals surface area contributed by atoms with E-state index in [-0.39, 0.29) is 12.4 Å². The Balaban J connectivity index is 3.53. The Morgan fingerprint density at radius 2 is 2.38 bits per heavy atom. The number of rotatable bonds is 3. The topological polar surface area (TPSA) is 26.3 Å². The third-order valence-corrected chi connectivity index (χ3v) is 1.40. The number of alkyl halides is 2. The van der Waals surface area contributed by atoms with Gasteiger partial charge in [0.2, 0.25) is 0 Å². The van der Waals surface area contributed by atoms with Crippen LogP contribution >= 0.6 is 23.2 Å². The molecule has 2 nitrogen and oxygen atoms in total. The fourth-order valence-corrected chi connectivity index (χ4v) is 0.231. The summed E-state index contributed by atoms with van der Waals surface area (Å²) in [5.41, 5.74) is 0. The molecule has 0 aromatic carbocycles. The summed E-state index contributed by atoms with van der Waals surface area (Å²) in [6, 6.07) is 0. The van der Waals surface area contributed by atoms with Crippen LogP contribution in [0.5, 0.6) is 0 Å². The van der Waals surface area contributed by atoms with Crippen molar-refractivity contribution in [2.75, 3.05) is 5.88 Å². The predicted octanol–water partition coefficient (Wildman–Crippen LogP) is 1.35. The maximum Gasteiger partial charge on any atom is 0.294 e. The van der Waals surface area contributed by atoms with Gasteiger partial charge in [0.1, 0.15) is 0 Å². The molecule has 0 saturated carbocycles. The normalized spacial score (nSPS) is 16.9. The van der Waals surface area contributed by atoms with Crippen LogP contribution in [0.1, 0.15) is 6.92 Å². The van der Waals surface area contributed by atoms with Crippen LogP contribution in [-0.2, 0) is 9.53 Å². The molecule has 0 saturated heterocycles. The minimum absolute atomic E-state index is 0.0906. The molecule has 0 fully saturated rings. The van der Waals surface area contributed by atoms with Crippen molar-refractivity contribution in [2.24, 2.45) is 0 Å². The largest absolute Gasteiger partial charge is 0.444 e. The molecule has 1 atom stereocenters. The molecule has 0 aromatic rings. The fraction of sp³-hybridized carbons (Fsp3) is 0.750. The third kappa shape index (κ3) is 3.10. The Kier molecular flexibility index (Phi) is 3.17. The van der Waals surface area contributed by atoms with E-state index in [1.807, 2.05) is 0 Å². The van der Waals surface area contributed by atoms with Crippen LogP contribution in [0.4, 0.5) is 0 Å². The average molecular weight is 157 g/mol. The lowest BCUT2D eigenvalue weighted by Gasteiger charge is -2.14. The van der Waals surface area contributed by atoms with Gasteiger partial charge >= 0.3 is 0 Å². The molecule has 8 heavy (non-hydrogen) atoms. The highest BCUT2D eigenvalue weighted by molar-refractivity contribution is 6.29. The van der Waals surface area contributed by atoms with Crippen molar-refractivity contribution in [1.82, 2.24) is 0 Å². The van der Waals surface area contributed by atoms with E-state index in [0.29, 0.717) is 0 Å². The molecule has 0 N–H and O–H groups in total. The number of hydrogen-bond donors (Lipinski definition) is 0. The zero-order chi connectivity index (χ0) is 6.62. The van der Waals surface area contributed by atoms with E-state index in [1.54, 1.807) is 0 Å². The van der Waals surface area contributed by atoms with Gasteiger partial charge in [-0.3, -0.25) is 4.79 Å². The zero-order valence-electron chi connectivity index (χ0n) is 4.36. The molecule has 0 heterocycles. The number of ether oxygens (including phenoxy) is 1. The van der Waals surface area contributed by atoms with Crippen molar-refractivity contribution in [2.45, 2.75) is 12.0 Å². The van der Waals surface area contributed by atoms with E-state index >= 15 is 0 Å². The molecule has 0 amide bonds. The van der Waals surface area contributed by atoms with Gasteiger partial charge < -0.3 is 4.74 Å². The number of carbonyl (C=O) groups excluding carboxylic acids is 1. The van der Waals surface area contributed by atoms with Crippen LogP contribution in [0.3, 0.4) is 0 Å². The summed E-state index contributed by atoms with van der Waals surface area (Å²) in [6.45, 7) is 1.78. The smallest absolute Gasteiger partial charge is 0.294 e. The first-order chi connectivity index (χ1) is 3.62. The van der Waals surface area contributed by atoms with Gasteiger partial charge in [-0.2, -0.15) is 0 Å². The minimum Gasteiger partial charge on any atom is -0.444 e. The summed E-state index contributed by atoms with van der Waals surface area (Å²) in [4.78, 5) is 9.61. The van der Waals surface area contributed by atoms with Gasteiger partial charge in [-0.1, -0.05) is 11.6 Å². The molecule has 4 heteroatoms. The first kappa shape index (κ1) is 8.05. The van der Waals surface area contributed by atoms with Gasteiger partial charge in [0.25, 0.3) is 6.47 Å². The molecule has 0 aliphatic heterocycles. The molecule has 0 rings (SSSR count). The summed E-state index contributed by atoms with van der Waals surface area (Å²) in [5.74, 6) is 0.0906. The van der Waals surface area contributed by atoms with Gasteiger partial charge in [-0.25, -0.2) is 0 Å². The molecule has 0 aromatic heterocycles. The molecule has 0 spiro atoms. The summed E-state index contributed by atoms with van der Waals surface area (Å²) < 4.78 is 4.33. The Bertz CT molecular complexity index is 82.1. The first-order valence-corrected chi connectivity index (χ1v) is 2.90. The fourth-order valence-electron chi connectivity index (χ4n) is 0.132. The van der Waals surface area contributed by atoms with Gasteiger partial charge in [0.05, 0.1) is 5.88 Å². The van der Waals surface area contributed by atoms with Crippen molar-refractivity contribution in [1.29, 1.82) is 0 Å². The molecule has 0 aliphatic rings. The highest BCUT2D eigenvalue weighted by atomic mass is 35.5. The molecule has 1 unspecified atom stereocenters. The number of carbonyl (C=O) groups is 1. The summed E-state index contributed by atoms with van der Waals surface area (Å²) in [6.07, 6.45) is 0. The van der Waals surface area contributed by atoms with Gasteiger partial charge in [0, 0.05) is 0 Å². The Morgan fingerprint density at radius 1 is 1.88 bits per heavy atom. The average Bonchev–Trinajstić information content (AvgIpc) is 1.67. The van der Waals surface area contributed by atoms with E-state index in [0.717, 1.165) is 0 Å². The maximum atomic E-state index is 9.61. The quantitative estimate of drug-likeness (QED) is 0.456. The van der Waals surface area contributed by atoms with Crippen LogP contribution in [0, 0.1) is 0 Å². The predicted molar refractivity (Wildman–Crippen MR) is 32.1 cm³/mol. The highest BCUT2D eigenvalue weighted by Gasteiger charge is 2.19. The minimum atomic E-state index is -1.04. The second-order valence-corrected chi connectivity index (χ2v) is 2.52. The number of hydrogen-bond acceptors (Lipinski definition) is 2. The van der Waals surface area contributed by atoms with Crippen LogP contribution < -0.4 is 0 Å². The van der Waals surface area contributed by atoms with E-state index in [2.05, 4.69) is 4.74 Å². The summed E-state index contributed by atoms with van der Waals surface area (Å²) >= 11 is 10.7. The molecule has 0 bridgehead atoms. The first-order valence-electron chi connectivity index (χ1n) is 1.99. The Labute approximate surface area is 57.7 Å². The number of halogens is 2. The molecule has 48 valence electrons. The molecule has 0 radical (unpaired) electrons. The third-order valence-electron chi connectivity index (χ3n) is 0.533. The van der Waals surface area contributed by atoms with Crippen molar-refractivity contribution >= 4 is 29.7 Å². The zero-order valence-corrected chi connectivity index (χ0v) is 5.87. The van der Waals surface area contributed by atoms with E-state index < -0.39 is 5.06 Å². The van der Waals surface area contributed by atoms with Crippen molar-refractivity contribution in [3.05, 3.63) is 0 Å². The van der Waals surface area contributed by atoms with Crippen molar-refractivity contribution in [3.63, 3.8) is 0 Å². The summed E-state index contributed by atoms with van der Waals surface area (Å²) in [5, 5.41) is -1.04. The lowest BCUT2D eigenvalue weighted by molar-refractivity contribution is -0.134. The maximum absolute atomic E-state index is 9.61.